The number of urea groups is 1. The van der Waals surface area contributed by atoms with E-state index in [9.17, 15) is 9.59 Å². The molecule has 2 rings (SSSR count). The molecule has 7 nitrogen and oxygen atoms in total. The van der Waals surface area contributed by atoms with Crippen molar-refractivity contribution in [3.8, 4) is 6.07 Å². The van der Waals surface area contributed by atoms with E-state index in [1.165, 1.54) is 0 Å². The maximum Gasteiger partial charge on any atom is 0.340 e. The van der Waals surface area contributed by atoms with Crippen LogP contribution in [0.15, 0.2) is 24.3 Å². The molecule has 0 aromatic heterocycles. The van der Waals surface area contributed by atoms with Gasteiger partial charge in [-0.3, -0.25) is 0 Å². The van der Waals surface area contributed by atoms with Crippen molar-refractivity contribution >= 4 is 17.7 Å². The Morgan fingerprint density at radius 1 is 1.44 bits per heavy atom. The largest absolute Gasteiger partial charge is 0.462 e. The molecule has 0 aliphatic carbocycles. The molecule has 1 unspecified atom stereocenters. The highest BCUT2D eigenvalue weighted by molar-refractivity contribution is 6.00. The van der Waals surface area contributed by atoms with E-state index in [0.29, 0.717) is 30.9 Å². The van der Waals surface area contributed by atoms with Crippen LogP contribution >= 0.6 is 0 Å². The molecule has 0 spiro atoms. The van der Waals surface area contributed by atoms with Gasteiger partial charge in [0.1, 0.15) is 0 Å². The summed E-state index contributed by atoms with van der Waals surface area (Å²) in [6, 6.07) is 8.39. The fraction of sp³-hybridized carbons (Fsp3) is 0.500. The standard InChI is InChI=1S/C18H23N3O4/c1-2-24-17(22)15-8-3-4-9-16(15)20-18(23)21(11-6-10-19)13-14-7-5-12-25-14/h3-4,8-9,14H,2,5-7,11-13H2,1H3,(H,20,23). The highest BCUT2D eigenvalue weighted by Crippen LogP contribution is 2.18. The van der Waals surface area contributed by atoms with Crippen molar-refractivity contribution in [1.82, 2.24) is 4.90 Å². The summed E-state index contributed by atoms with van der Waals surface area (Å²) in [5.41, 5.74) is 0.690. The third-order valence-corrected chi connectivity index (χ3v) is 3.89. The van der Waals surface area contributed by atoms with Gasteiger partial charge in [-0.2, -0.15) is 5.26 Å². The molecule has 1 aliphatic heterocycles. The number of carbonyl (C=O) groups excluding carboxylic acids is 2. The number of anilines is 1. The van der Waals surface area contributed by atoms with Crippen LogP contribution in [0.2, 0.25) is 0 Å². The van der Waals surface area contributed by atoms with Gasteiger partial charge in [0.2, 0.25) is 0 Å². The number of esters is 1. The van der Waals surface area contributed by atoms with Gasteiger partial charge in [-0.15, -0.1) is 0 Å². The van der Waals surface area contributed by atoms with Crippen LogP contribution < -0.4 is 5.32 Å². The zero-order valence-corrected chi connectivity index (χ0v) is 14.4. The minimum Gasteiger partial charge on any atom is -0.462 e. The van der Waals surface area contributed by atoms with E-state index < -0.39 is 5.97 Å². The summed E-state index contributed by atoms with van der Waals surface area (Å²) in [6.07, 6.45) is 2.10. The van der Waals surface area contributed by atoms with Gasteiger partial charge in [0.05, 0.1) is 36.5 Å². The van der Waals surface area contributed by atoms with E-state index in [0.717, 1.165) is 12.8 Å². The van der Waals surface area contributed by atoms with Gasteiger partial charge >= 0.3 is 12.0 Å². The van der Waals surface area contributed by atoms with E-state index in [-0.39, 0.29) is 25.2 Å². The molecule has 7 heteroatoms. The number of nitrogens with one attached hydrogen (secondary N) is 1. The molecule has 134 valence electrons. The molecule has 0 bridgehead atoms. The van der Waals surface area contributed by atoms with Crippen LogP contribution in [0.1, 0.15) is 36.5 Å². The van der Waals surface area contributed by atoms with Gasteiger partial charge in [-0.1, -0.05) is 12.1 Å². The Balaban J connectivity index is 2.08. The fourth-order valence-electron chi connectivity index (χ4n) is 2.67. The maximum absolute atomic E-state index is 12.6. The normalized spacial score (nSPS) is 16.1. The Morgan fingerprint density at radius 3 is 2.92 bits per heavy atom. The predicted molar refractivity (Wildman–Crippen MR) is 92.2 cm³/mol. The number of benzene rings is 1. The number of nitriles is 1. The molecular formula is C18H23N3O4. The summed E-state index contributed by atoms with van der Waals surface area (Å²) < 4.78 is 10.6. The topological polar surface area (TPSA) is 91.7 Å². The van der Waals surface area contributed by atoms with Crippen LogP contribution in [0.3, 0.4) is 0 Å². The third kappa shape index (κ3) is 5.47. The number of para-hydroxylation sites is 1. The molecule has 0 saturated carbocycles. The van der Waals surface area contributed by atoms with Crippen molar-refractivity contribution in [3.63, 3.8) is 0 Å². The number of carbonyl (C=O) groups is 2. The minimum absolute atomic E-state index is 0.00950. The van der Waals surface area contributed by atoms with E-state index >= 15 is 0 Å². The summed E-state index contributed by atoms with van der Waals surface area (Å²) in [7, 11) is 0. The summed E-state index contributed by atoms with van der Waals surface area (Å²) in [4.78, 5) is 26.2. The number of hydrogen-bond acceptors (Lipinski definition) is 5. The van der Waals surface area contributed by atoms with Crippen molar-refractivity contribution in [2.75, 3.05) is 31.6 Å². The van der Waals surface area contributed by atoms with Gasteiger partial charge in [0, 0.05) is 19.7 Å². The van der Waals surface area contributed by atoms with Crippen molar-refractivity contribution < 1.29 is 19.1 Å². The van der Waals surface area contributed by atoms with Crippen LogP contribution in [0, 0.1) is 11.3 Å². The Morgan fingerprint density at radius 2 is 2.24 bits per heavy atom. The van der Waals surface area contributed by atoms with Crippen LogP contribution in [0.4, 0.5) is 10.5 Å². The van der Waals surface area contributed by atoms with Crippen LogP contribution in [0.5, 0.6) is 0 Å². The van der Waals surface area contributed by atoms with Crippen molar-refractivity contribution in [2.24, 2.45) is 0 Å². The predicted octanol–water partition coefficient (Wildman–Crippen LogP) is 2.79. The van der Waals surface area contributed by atoms with E-state index in [1.54, 1.807) is 36.1 Å². The molecule has 0 radical (unpaired) electrons. The Kier molecular flexibility index (Phi) is 7.23. The summed E-state index contributed by atoms with van der Waals surface area (Å²) in [5, 5.41) is 11.6. The van der Waals surface area contributed by atoms with E-state index in [4.69, 9.17) is 14.7 Å². The van der Waals surface area contributed by atoms with E-state index in [2.05, 4.69) is 11.4 Å². The molecule has 1 aromatic carbocycles. The molecule has 1 N–H and O–H groups in total. The Hall–Kier alpha value is -2.59. The summed E-state index contributed by atoms with van der Waals surface area (Å²) >= 11 is 0. The third-order valence-electron chi connectivity index (χ3n) is 3.89. The van der Waals surface area contributed by atoms with Gasteiger partial charge in [-0.05, 0) is 31.9 Å². The zero-order chi connectivity index (χ0) is 18.1. The molecule has 1 saturated heterocycles. The molecule has 2 amide bonds. The average molecular weight is 345 g/mol. The highest BCUT2D eigenvalue weighted by Gasteiger charge is 2.23. The van der Waals surface area contributed by atoms with Crippen LogP contribution in [-0.2, 0) is 9.47 Å². The summed E-state index contributed by atoms with van der Waals surface area (Å²) in [6.45, 7) is 3.42. The molecule has 1 aromatic rings. The molecular weight excluding hydrogens is 322 g/mol. The van der Waals surface area contributed by atoms with Gasteiger partial charge in [0.15, 0.2) is 0 Å². The maximum atomic E-state index is 12.6. The second-order valence-corrected chi connectivity index (χ2v) is 5.69. The van der Waals surface area contributed by atoms with Gasteiger partial charge in [-0.25, -0.2) is 9.59 Å². The monoisotopic (exact) mass is 345 g/mol. The fourth-order valence-corrected chi connectivity index (χ4v) is 2.67. The molecule has 1 heterocycles. The average Bonchev–Trinajstić information content (AvgIpc) is 3.12. The number of nitrogens with zero attached hydrogens (tertiary/aromatic N) is 2. The van der Waals surface area contributed by atoms with Crippen LogP contribution in [0.25, 0.3) is 0 Å². The molecule has 1 aliphatic rings. The number of amides is 2. The second-order valence-electron chi connectivity index (χ2n) is 5.69. The molecule has 1 fully saturated rings. The summed E-state index contributed by atoms with van der Waals surface area (Å²) in [5.74, 6) is -0.485. The number of hydrogen-bond donors (Lipinski definition) is 1. The quantitative estimate of drug-likeness (QED) is 0.767. The van der Waals surface area contributed by atoms with E-state index in [1.807, 2.05) is 0 Å². The smallest absolute Gasteiger partial charge is 0.340 e. The van der Waals surface area contributed by atoms with Gasteiger partial charge in [0.25, 0.3) is 0 Å². The molecule has 25 heavy (non-hydrogen) atoms. The first-order chi connectivity index (χ1) is 12.2. The molecule has 1 atom stereocenters. The van der Waals surface area contributed by atoms with Crippen molar-refractivity contribution in [1.29, 1.82) is 5.26 Å². The lowest BCUT2D eigenvalue weighted by Crippen LogP contribution is -2.41. The zero-order valence-electron chi connectivity index (χ0n) is 14.4. The van der Waals surface area contributed by atoms with Crippen LogP contribution in [-0.4, -0.2) is 49.3 Å². The minimum atomic E-state index is -0.485. The van der Waals surface area contributed by atoms with Crippen molar-refractivity contribution in [3.05, 3.63) is 29.8 Å². The second kappa shape index (κ2) is 9.64. The lowest BCUT2D eigenvalue weighted by atomic mass is 10.2. The Labute approximate surface area is 147 Å². The number of rotatable bonds is 7. The Bertz CT molecular complexity index is 635. The number of ether oxygens (including phenoxy) is 2. The van der Waals surface area contributed by atoms with Crippen molar-refractivity contribution in [2.45, 2.75) is 32.3 Å². The lowest BCUT2D eigenvalue weighted by molar-refractivity contribution is 0.0527. The highest BCUT2D eigenvalue weighted by atomic mass is 16.5. The first kappa shape index (κ1) is 18.7. The first-order valence-electron chi connectivity index (χ1n) is 8.46. The lowest BCUT2D eigenvalue weighted by Gasteiger charge is -2.25. The SMILES string of the molecule is CCOC(=O)c1ccccc1NC(=O)N(CCC#N)CC1CCCO1. The first-order valence-corrected chi connectivity index (χ1v) is 8.46. The van der Waals surface area contributed by atoms with Gasteiger partial charge < -0.3 is 19.7 Å².